The average Bonchev–Trinajstić information content (AvgIpc) is 2.35. The van der Waals surface area contributed by atoms with Crippen LogP contribution in [0.4, 0.5) is 5.69 Å². The lowest BCUT2D eigenvalue weighted by Gasteiger charge is -2.19. The van der Waals surface area contributed by atoms with Gasteiger partial charge in [0.1, 0.15) is 19.0 Å². The highest BCUT2D eigenvalue weighted by molar-refractivity contribution is 6.03. The van der Waals surface area contributed by atoms with Gasteiger partial charge in [0.15, 0.2) is 0 Å². The lowest BCUT2D eigenvalue weighted by molar-refractivity contribution is -0.117. The quantitative estimate of drug-likeness (QED) is 0.873. The maximum Gasteiger partial charge on any atom is 0.294 e. The highest BCUT2D eigenvalue weighted by Gasteiger charge is 2.20. The minimum Gasteiger partial charge on any atom is -0.491 e. The first-order valence-electron chi connectivity index (χ1n) is 5.93. The molecule has 1 aliphatic heterocycles. The van der Waals surface area contributed by atoms with Crippen molar-refractivity contribution in [3.05, 3.63) is 40.8 Å². The molecule has 0 spiro atoms. The summed E-state index contributed by atoms with van der Waals surface area (Å²) in [6.45, 7) is 6.62. The summed E-state index contributed by atoms with van der Waals surface area (Å²) < 4.78 is 10.6. The Labute approximate surface area is 107 Å². The second-order valence-corrected chi connectivity index (χ2v) is 4.28. The Hall–Kier alpha value is -1.97. The molecule has 0 atom stereocenters. The van der Waals surface area contributed by atoms with Crippen LogP contribution in [0.25, 0.3) is 0 Å². The van der Waals surface area contributed by atoms with Crippen LogP contribution in [0.2, 0.25) is 0 Å². The molecule has 0 bridgehead atoms. The minimum atomic E-state index is -0.263. The monoisotopic (exact) mass is 247 g/mol. The summed E-state index contributed by atoms with van der Waals surface area (Å²) in [7, 11) is 0. The number of hydrogen-bond acceptors (Lipinski definition) is 3. The Morgan fingerprint density at radius 1 is 1.17 bits per heavy atom. The zero-order valence-electron chi connectivity index (χ0n) is 10.9. The molecule has 4 heteroatoms. The molecule has 0 unspecified atom stereocenters. The fourth-order valence-electron chi connectivity index (χ4n) is 1.80. The number of rotatable bonds is 2. The van der Waals surface area contributed by atoms with Crippen LogP contribution in [-0.2, 0) is 14.3 Å². The maximum atomic E-state index is 12.1. The first-order valence-corrected chi connectivity index (χ1v) is 5.93. The van der Waals surface area contributed by atoms with E-state index in [1.165, 1.54) is 0 Å². The van der Waals surface area contributed by atoms with Crippen molar-refractivity contribution in [3.63, 3.8) is 0 Å². The molecule has 2 rings (SSSR count). The Bertz CT molecular complexity index is 506. The van der Waals surface area contributed by atoms with Crippen molar-refractivity contribution >= 4 is 11.6 Å². The molecule has 0 aliphatic carbocycles. The normalized spacial score (nSPS) is 14.8. The van der Waals surface area contributed by atoms with Crippen LogP contribution >= 0.6 is 0 Å². The molecular weight excluding hydrogens is 230 g/mol. The second-order valence-electron chi connectivity index (χ2n) is 4.28. The van der Waals surface area contributed by atoms with Gasteiger partial charge in [-0.25, -0.2) is 0 Å². The predicted molar refractivity (Wildman–Crippen MR) is 69.1 cm³/mol. The second kappa shape index (κ2) is 5.12. The van der Waals surface area contributed by atoms with Gasteiger partial charge in [-0.15, -0.1) is 0 Å². The van der Waals surface area contributed by atoms with Crippen LogP contribution in [0.5, 0.6) is 0 Å². The summed E-state index contributed by atoms with van der Waals surface area (Å²) in [6.07, 6.45) is 0. The van der Waals surface area contributed by atoms with E-state index in [9.17, 15) is 4.79 Å². The van der Waals surface area contributed by atoms with Crippen LogP contribution in [0, 0.1) is 13.8 Å². The van der Waals surface area contributed by atoms with Crippen molar-refractivity contribution in [2.45, 2.75) is 20.8 Å². The van der Waals surface area contributed by atoms with Crippen LogP contribution in [0.3, 0.4) is 0 Å². The van der Waals surface area contributed by atoms with E-state index in [0.29, 0.717) is 19.0 Å². The molecule has 1 aromatic carbocycles. The van der Waals surface area contributed by atoms with Crippen LogP contribution in [0.15, 0.2) is 29.7 Å². The molecule has 0 radical (unpaired) electrons. The number of carbonyl (C=O) groups is 1. The Balaban J connectivity index is 2.19. The fourth-order valence-corrected chi connectivity index (χ4v) is 1.80. The molecule has 0 saturated heterocycles. The summed E-state index contributed by atoms with van der Waals surface area (Å²) in [6, 6.07) is 5.80. The maximum absolute atomic E-state index is 12.1. The Kier molecular flexibility index (Phi) is 3.55. The van der Waals surface area contributed by atoms with Crippen molar-refractivity contribution in [1.29, 1.82) is 0 Å². The molecule has 1 aliphatic rings. The fraction of sp³-hybridized carbons (Fsp3) is 0.357. The molecule has 1 N–H and O–H groups in total. The van der Waals surface area contributed by atoms with E-state index in [1.54, 1.807) is 6.92 Å². The summed E-state index contributed by atoms with van der Waals surface area (Å²) in [5, 5.41) is 2.85. The van der Waals surface area contributed by atoms with E-state index in [-0.39, 0.29) is 11.7 Å². The van der Waals surface area contributed by atoms with E-state index in [1.807, 2.05) is 32.0 Å². The van der Waals surface area contributed by atoms with Crippen molar-refractivity contribution in [2.75, 3.05) is 18.5 Å². The molecule has 96 valence electrons. The van der Waals surface area contributed by atoms with E-state index in [2.05, 4.69) is 5.32 Å². The smallest absolute Gasteiger partial charge is 0.294 e. The third-order valence-corrected chi connectivity index (χ3v) is 3.03. The van der Waals surface area contributed by atoms with Crippen LogP contribution in [-0.4, -0.2) is 19.1 Å². The van der Waals surface area contributed by atoms with Crippen molar-refractivity contribution in [1.82, 2.24) is 0 Å². The molecule has 1 amide bonds. The number of hydrogen-bond donors (Lipinski definition) is 1. The lowest BCUT2D eigenvalue weighted by atomic mass is 10.1. The van der Waals surface area contributed by atoms with Crippen molar-refractivity contribution in [2.24, 2.45) is 0 Å². The number of benzene rings is 1. The highest BCUT2D eigenvalue weighted by Crippen LogP contribution is 2.20. The largest absolute Gasteiger partial charge is 0.491 e. The molecule has 0 saturated carbocycles. The average molecular weight is 247 g/mol. The SMILES string of the molecule is CC1=C(C(=O)Nc2cccc(C)c2C)OCCO1. The summed E-state index contributed by atoms with van der Waals surface area (Å²) in [4.78, 5) is 12.1. The summed E-state index contributed by atoms with van der Waals surface area (Å²) in [5.74, 6) is 0.534. The number of amides is 1. The zero-order valence-corrected chi connectivity index (χ0v) is 10.9. The predicted octanol–water partition coefficient (Wildman–Crippen LogP) is 2.52. The third-order valence-electron chi connectivity index (χ3n) is 3.03. The molecule has 4 nitrogen and oxygen atoms in total. The number of allylic oxidation sites excluding steroid dienone is 1. The highest BCUT2D eigenvalue weighted by atomic mass is 16.6. The molecular formula is C14H17NO3. The minimum absolute atomic E-state index is 0.263. The van der Waals surface area contributed by atoms with Gasteiger partial charge in [0.25, 0.3) is 5.91 Å². The van der Waals surface area contributed by atoms with Gasteiger partial charge in [-0.1, -0.05) is 12.1 Å². The molecule has 18 heavy (non-hydrogen) atoms. The molecule has 1 heterocycles. The number of aryl methyl sites for hydroxylation is 1. The summed E-state index contributed by atoms with van der Waals surface area (Å²) >= 11 is 0. The number of anilines is 1. The van der Waals surface area contributed by atoms with Crippen molar-refractivity contribution in [3.8, 4) is 0 Å². The Morgan fingerprint density at radius 2 is 1.89 bits per heavy atom. The number of nitrogens with one attached hydrogen (secondary N) is 1. The van der Waals surface area contributed by atoms with E-state index < -0.39 is 0 Å². The molecule has 1 aromatic rings. The van der Waals surface area contributed by atoms with Gasteiger partial charge in [0.2, 0.25) is 5.76 Å². The van der Waals surface area contributed by atoms with Gasteiger partial charge in [0.05, 0.1) is 0 Å². The Morgan fingerprint density at radius 3 is 2.61 bits per heavy atom. The molecule has 0 fully saturated rings. The van der Waals surface area contributed by atoms with Gasteiger partial charge in [0, 0.05) is 5.69 Å². The van der Waals surface area contributed by atoms with Gasteiger partial charge < -0.3 is 14.8 Å². The number of ether oxygens (including phenoxy) is 2. The topological polar surface area (TPSA) is 47.6 Å². The van der Waals surface area contributed by atoms with Gasteiger partial charge in [-0.2, -0.15) is 0 Å². The zero-order chi connectivity index (χ0) is 13.1. The van der Waals surface area contributed by atoms with E-state index in [4.69, 9.17) is 9.47 Å². The molecule has 0 aromatic heterocycles. The van der Waals surface area contributed by atoms with Gasteiger partial charge >= 0.3 is 0 Å². The summed E-state index contributed by atoms with van der Waals surface area (Å²) in [5.41, 5.74) is 3.00. The lowest BCUT2D eigenvalue weighted by Crippen LogP contribution is -2.23. The van der Waals surface area contributed by atoms with E-state index in [0.717, 1.165) is 16.8 Å². The van der Waals surface area contributed by atoms with Crippen LogP contribution in [0.1, 0.15) is 18.1 Å². The number of carbonyl (C=O) groups excluding carboxylic acids is 1. The first kappa shape index (κ1) is 12.5. The van der Waals surface area contributed by atoms with Gasteiger partial charge in [-0.05, 0) is 38.0 Å². The first-order chi connectivity index (χ1) is 8.59. The standard InChI is InChI=1S/C14H17NO3/c1-9-5-4-6-12(10(9)2)15-14(16)13-11(3)17-7-8-18-13/h4-6H,7-8H2,1-3H3,(H,15,16). The van der Waals surface area contributed by atoms with Gasteiger partial charge in [-0.3, -0.25) is 4.79 Å². The van der Waals surface area contributed by atoms with E-state index >= 15 is 0 Å². The van der Waals surface area contributed by atoms with Crippen LogP contribution < -0.4 is 5.32 Å². The third kappa shape index (κ3) is 2.47. The van der Waals surface area contributed by atoms with Crippen molar-refractivity contribution < 1.29 is 14.3 Å².